The van der Waals surface area contributed by atoms with E-state index in [9.17, 15) is 14.7 Å². The van der Waals surface area contributed by atoms with Crippen LogP contribution in [-0.4, -0.2) is 55.0 Å². The summed E-state index contributed by atoms with van der Waals surface area (Å²) in [6, 6.07) is 4.85. The fraction of sp³-hybridized carbons (Fsp3) is 0.474. The molecule has 7 nitrogen and oxygen atoms in total. The van der Waals surface area contributed by atoms with Gasteiger partial charge in [-0.15, -0.1) is 0 Å². The zero-order valence-electron chi connectivity index (χ0n) is 14.2. The molecular formula is C19H18O7. The average Bonchev–Trinajstić information content (AvgIpc) is 3.13. The number of carbonyl (C=O) groups is 2. The number of esters is 1. The Morgan fingerprint density at radius 2 is 2.19 bits per heavy atom. The van der Waals surface area contributed by atoms with Crippen LogP contribution in [0.2, 0.25) is 0 Å². The molecule has 0 unspecified atom stereocenters. The van der Waals surface area contributed by atoms with Crippen LogP contribution in [0.4, 0.5) is 0 Å². The number of aromatic hydroxyl groups is 1. The molecule has 0 radical (unpaired) electrons. The van der Waals surface area contributed by atoms with Crippen molar-refractivity contribution in [2.45, 2.75) is 30.7 Å². The molecule has 2 bridgehead atoms. The number of benzene rings is 1. The van der Waals surface area contributed by atoms with Crippen LogP contribution in [0, 0.1) is 5.41 Å². The third-order valence-electron chi connectivity index (χ3n) is 6.13. The van der Waals surface area contributed by atoms with E-state index in [0.29, 0.717) is 36.3 Å². The summed E-state index contributed by atoms with van der Waals surface area (Å²) in [6.07, 6.45) is 1.30. The second-order valence-electron chi connectivity index (χ2n) is 7.25. The van der Waals surface area contributed by atoms with Crippen molar-refractivity contribution in [2.24, 2.45) is 5.41 Å². The van der Waals surface area contributed by atoms with Crippen LogP contribution in [0.5, 0.6) is 11.5 Å². The highest BCUT2D eigenvalue weighted by molar-refractivity contribution is 6.06. The number of hydrogen-bond donors (Lipinski definition) is 1. The molecule has 1 aromatic rings. The summed E-state index contributed by atoms with van der Waals surface area (Å²) in [5.74, 6) is -0.0996. The van der Waals surface area contributed by atoms with Gasteiger partial charge in [0, 0.05) is 18.6 Å². The number of fused-ring (bicyclic) bond motifs is 1. The van der Waals surface area contributed by atoms with Crippen molar-refractivity contribution in [3.63, 3.8) is 0 Å². The summed E-state index contributed by atoms with van der Waals surface area (Å²) in [5.41, 5.74) is -0.536. The van der Waals surface area contributed by atoms with Crippen molar-refractivity contribution >= 4 is 17.8 Å². The number of hydrogen-bond acceptors (Lipinski definition) is 7. The maximum absolute atomic E-state index is 13.0. The largest absolute Gasteiger partial charge is 0.504 e. The maximum Gasteiger partial charge on any atom is 0.315 e. The van der Waals surface area contributed by atoms with Crippen molar-refractivity contribution in [1.82, 2.24) is 0 Å². The van der Waals surface area contributed by atoms with Crippen molar-refractivity contribution in [3.05, 3.63) is 29.3 Å². The molecule has 0 aliphatic carbocycles. The molecule has 7 heteroatoms. The zero-order chi connectivity index (χ0) is 18.1. The summed E-state index contributed by atoms with van der Waals surface area (Å²) in [7, 11) is 1.46. The Hall–Kier alpha value is -2.38. The highest BCUT2D eigenvalue weighted by atomic mass is 16.6. The molecule has 4 saturated heterocycles. The number of rotatable bonds is 2. The molecule has 26 heavy (non-hydrogen) atoms. The van der Waals surface area contributed by atoms with Crippen LogP contribution in [0.1, 0.15) is 18.4 Å². The predicted molar refractivity (Wildman–Crippen MR) is 87.6 cm³/mol. The van der Waals surface area contributed by atoms with Gasteiger partial charge in [0.15, 0.2) is 17.3 Å². The Morgan fingerprint density at radius 1 is 1.35 bits per heavy atom. The van der Waals surface area contributed by atoms with E-state index in [0.717, 1.165) is 0 Å². The molecule has 1 spiro atoms. The number of ketones is 1. The summed E-state index contributed by atoms with van der Waals surface area (Å²) >= 11 is 0. The lowest BCUT2D eigenvalue weighted by Crippen LogP contribution is -2.62. The third kappa shape index (κ3) is 1.74. The molecule has 5 rings (SSSR count). The minimum atomic E-state index is -0.923. The molecule has 1 N–H and O–H groups in total. The van der Waals surface area contributed by atoms with E-state index >= 15 is 0 Å². The lowest BCUT2D eigenvalue weighted by molar-refractivity contribution is -0.197. The number of ether oxygens (including phenoxy) is 4. The fourth-order valence-corrected chi connectivity index (χ4v) is 4.84. The van der Waals surface area contributed by atoms with Gasteiger partial charge in [-0.25, -0.2) is 0 Å². The Labute approximate surface area is 149 Å². The second kappa shape index (κ2) is 5.08. The van der Waals surface area contributed by atoms with Gasteiger partial charge in [-0.1, -0.05) is 6.07 Å². The summed E-state index contributed by atoms with van der Waals surface area (Å²) in [4.78, 5) is 25.5. The molecule has 1 aromatic carbocycles. The molecule has 4 fully saturated rings. The van der Waals surface area contributed by atoms with Crippen LogP contribution < -0.4 is 4.74 Å². The lowest BCUT2D eigenvalue weighted by atomic mass is 9.67. The van der Waals surface area contributed by atoms with Gasteiger partial charge < -0.3 is 24.1 Å². The maximum atomic E-state index is 13.0. The number of carbonyl (C=O) groups excluding carboxylic acids is 2. The zero-order valence-corrected chi connectivity index (χ0v) is 14.2. The Balaban J connectivity index is 1.63. The van der Waals surface area contributed by atoms with E-state index in [-0.39, 0.29) is 24.1 Å². The molecule has 136 valence electrons. The van der Waals surface area contributed by atoms with Crippen molar-refractivity contribution in [2.75, 3.05) is 20.3 Å². The minimum Gasteiger partial charge on any atom is -0.504 e. The van der Waals surface area contributed by atoms with Crippen molar-refractivity contribution in [3.8, 4) is 11.5 Å². The van der Waals surface area contributed by atoms with E-state index in [2.05, 4.69) is 0 Å². The van der Waals surface area contributed by atoms with E-state index in [4.69, 9.17) is 18.9 Å². The highest BCUT2D eigenvalue weighted by Gasteiger charge is 2.77. The standard InChI is InChI=1S/C19H18O7/c1-23-13-7-10(2-3-12(13)20)6-11-15(21)14-8-18-4-5-24-16(11)19(18,26-14)9-25-17(18)22/h2-3,6-7,14,16,20H,4-5,8-9H2,1H3/t14-,16+,18-,19-/m1/s1. The lowest BCUT2D eigenvalue weighted by Gasteiger charge is -2.46. The van der Waals surface area contributed by atoms with E-state index < -0.39 is 23.2 Å². The van der Waals surface area contributed by atoms with Gasteiger partial charge in [0.2, 0.25) is 0 Å². The number of phenols is 1. The van der Waals surface area contributed by atoms with Crippen molar-refractivity contribution in [1.29, 1.82) is 0 Å². The topological polar surface area (TPSA) is 91.3 Å². The van der Waals surface area contributed by atoms with Gasteiger partial charge in [0.05, 0.1) is 7.11 Å². The first-order valence-electron chi connectivity index (χ1n) is 8.60. The Morgan fingerprint density at radius 3 is 3.00 bits per heavy atom. The molecule has 4 atom stereocenters. The van der Waals surface area contributed by atoms with E-state index in [1.807, 2.05) is 0 Å². The molecule has 0 saturated carbocycles. The molecular weight excluding hydrogens is 340 g/mol. The first-order valence-corrected chi connectivity index (χ1v) is 8.60. The average molecular weight is 358 g/mol. The van der Waals surface area contributed by atoms with Crippen molar-refractivity contribution < 1.29 is 33.6 Å². The predicted octanol–water partition coefficient (Wildman–Crippen LogP) is 1.23. The molecule has 0 aromatic heterocycles. The minimum absolute atomic E-state index is 0.0225. The van der Waals surface area contributed by atoms with Crippen LogP contribution in [0.15, 0.2) is 23.8 Å². The smallest absolute Gasteiger partial charge is 0.315 e. The third-order valence-corrected chi connectivity index (χ3v) is 6.13. The number of methoxy groups -OCH3 is 1. The number of phenolic OH excluding ortho intramolecular Hbond substituents is 1. The van der Waals surface area contributed by atoms with E-state index in [1.54, 1.807) is 18.2 Å². The second-order valence-corrected chi connectivity index (χ2v) is 7.25. The Bertz CT molecular complexity index is 859. The normalized spacial score (nSPS) is 39.0. The summed E-state index contributed by atoms with van der Waals surface area (Å²) in [6.45, 7) is 0.484. The summed E-state index contributed by atoms with van der Waals surface area (Å²) < 4.78 is 22.5. The molecule has 0 amide bonds. The Kier molecular flexibility index (Phi) is 3.10. The molecule has 4 aliphatic rings. The van der Waals surface area contributed by atoms with Gasteiger partial charge in [-0.3, -0.25) is 9.59 Å². The van der Waals surface area contributed by atoms with Gasteiger partial charge in [-0.2, -0.15) is 0 Å². The fourth-order valence-electron chi connectivity index (χ4n) is 4.84. The SMILES string of the molecule is COc1cc(C=C2C(=O)[C@H]3C[C@@]45CCO[C@@H]2[C@@]4(COC5=O)O3)ccc1O. The highest BCUT2D eigenvalue weighted by Crippen LogP contribution is 2.62. The number of cyclic esters (lactones) is 1. The van der Waals surface area contributed by atoms with Crippen LogP contribution in [-0.2, 0) is 23.8 Å². The van der Waals surface area contributed by atoms with Gasteiger partial charge in [-0.05, 0) is 30.2 Å². The van der Waals surface area contributed by atoms with Crippen LogP contribution >= 0.6 is 0 Å². The van der Waals surface area contributed by atoms with E-state index in [1.165, 1.54) is 13.2 Å². The summed E-state index contributed by atoms with van der Waals surface area (Å²) in [5, 5.41) is 9.77. The molecule has 4 aliphatic heterocycles. The van der Waals surface area contributed by atoms with Gasteiger partial charge >= 0.3 is 5.97 Å². The number of Topliss-reactive ketones (excluding diaryl/α,β-unsaturated/α-hetero) is 1. The first-order chi connectivity index (χ1) is 12.5. The molecule has 4 heterocycles. The van der Waals surface area contributed by atoms with Gasteiger partial charge in [0.1, 0.15) is 29.8 Å². The van der Waals surface area contributed by atoms with Gasteiger partial charge in [0.25, 0.3) is 0 Å². The monoisotopic (exact) mass is 358 g/mol. The first kappa shape index (κ1) is 15.8. The van der Waals surface area contributed by atoms with Crippen LogP contribution in [0.25, 0.3) is 6.08 Å². The quantitative estimate of drug-likeness (QED) is 0.628. The van der Waals surface area contributed by atoms with Crippen LogP contribution in [0.3, 0.4) is 0 Å².